The predicted octanol–water partition coefficient (Wildman–Crippen LogP) is 5.54. The summed E-state index contributed by atoms with van der Waals surface area (Å²) in [5.41, 5.74) is 2.91. The summed E-state index contributed by atoms with van der Waals surface area (Å²) in [4.78, 5) is 4.60. The molecule has 0 aliphatic rings. The normalized spacial score (nSPS) is 11.1. The van der Waals surface area contributed by atoms with E-state index in [4.69, 9.17) is 21.1 Å². The van der Waals surface area contributed by atoms with E-state index in [0.29, 0.717) is 27.1 Å². The molecule has 0 saturated heterocycles. The Hall–Kier alpha value is -2.81. The molecule has 26 heavy (non-hydrogen) atoms. The van der Waals surface area contributed by atoms with Crippen LogP contribution in [0.4, 0.5) is 0 Å². The van der Waals surface area contributed by atoms with Gasteiger partial charge in [0, 0.05) is 16.0 Å². The highest BCUT2D eigenvalue weighted by Gasteiger charge is 2.12. The van der Waals surface area contributed by atoms with E-state index in [1.807, 2.05) is 41.8 Å². The van der Waals surface area contributed by atoms with Gasteiger partial charge in [-0.15, -0.1) is 11.3 Å². The summed E-state index contributed by atoms with van der Waals surface area (Å²) in [7, 11) is 3.19. The fraction of sp³-hybridized carbons (Fsp3) is 0.100. The van der Waals surface area contributed by atoms with Gasteiger partial charge in [0.1, 0.15) is 11.1 Å². The predicted molar refractivity (Wildman–Crippen MR) is 106 cm³/mol. The molecule has 1 aromatic heterocycles. The highest BCUT2D eigenvalue weighted by Crippen LogP contribution is 2.34. The van der Waals surface area contributed by atoms with Gasteiger partial charge in [0.25, 0.3) is 0 Å². The van der Waals surface area contributed by atoms with Crippen LogP contribution in [-0.2, 0) is 0 Å². The van der Waals surface area contributed by atoms with Gasteiger partial charge in [0.15, 0.2) is 11.5 Å². The van der Waals surface area contributed by atoms with Crippen LogP contribution in [0.1, 0.15) is 10.6 Å². The van der Waals surface area contributed by atoms with E-state index in [1.54, 1.807) is 26.4 Å². The van der Waals surface area contributed by atoms with Crippen molar-refractivity contribution in [2.24, 2.45) is 0 Å². The first-order valence-corrected chi connectivity index (χ1v) is 8.96. The number of allylic oxidation sites excluding steroid dienone is 1. The molecule has 4 nitrogen and oxygen atoms in total. The SMILES string of the molecule is COc1ccc(-c2csc(/C(C#N)=C\c3ccccc3Cl)n2)cc1OC. The molecule has 0 aliphatic heterocycles. The first kappa shape index (κ1) is 18.0. The first-order chi connectivity index (χ1) is 12.7. The minimum atomic E-state index is 0.467. The van der Waals surface area contributed by atoms with Gasteiger partial charge in [-0.05, 0) is 35.9 Å². The van der Waals surface area contributed by atoms with Crippen molar-refractivity contribution in [2.75, 3.05) is 14.2 Å². The van der Waals surface area contributed by atoms with E-state index in [-0.39, 0.29) is 0 Å². The molecule has 3 aromatic rings. The number of rotatable bonds is 5. The van der Waals surface area contributed by atoms with E-state index in [2.05, 4.69) is 11.1 Å². The fourth-order valence-electron chi connectivity index (χ4n) is 2.42. The Morgan fingerprint density at radius 1 is 1.15 bits per heavy atom. The van der Waals surface area contributed by atoms with Crippen LogP contribution in [0, 0.1) is 11.3 Å². The quantitative estimate of drug-likeness (QED) is 0.543. The fourth-order valence-corrected chi connectivity index (χ4v) is 3.40. The summed E-state index contributed by atoms with van der Waals surface area (Å²) in [5, 5.41) is 12.7. The molecule has 0 radical (unpaired) electrons. The van der Waals surface area contributed by atoms with Crippen molar-refractivity contribution in [3.63, 3.8) is 0 Å². The van der Waals surface area contributed by atoms with Gasteiger partial charge in [-0.1, -0.05) is 29.8 Å². The summed E-state index contributed by atoms with van der Waals surface area (Å²) >= 11 is 7.59. The smallest absolute Gasteiger partial charge is 0.161 e. The van der Waals surface area contributed by atoms with Crippen molar-refractivity contribution in [3.05, 3.63) is 63.4 Å². The molecular formula is C20H15ClN2O2S. The average Bonchev–Trinajstić information content (AvgIpc) is 3.16. The highest BCUT2D eigenvalue weighted by atomic mass is 35.5. The molecule has 3 rings (SSSR count). The Kier molecular flexibility index (Phi) is 5.57. The lowest BCUT2D eigenvalue weighted by Crippen LogP contribution is -1.91. The molecule has 6 heteroatoms. The highest BCUT2D eigenvalue weighted by molar-refractivity contribution is 7.11. The van der Waals surface area contributed by atoms with E-state index in [9.17, 15) is 5.26 Å². The maximum atomic E-state index is 9.53. The molecule has 0 fully saturated rings. The Morgan fingerprint density at radius 2 is 1.92 bits per heavy atom. The molecular weight excluding hydrogens is 368 g/mol. The maximum Gasteiger partial charge on any atom is 0.161 e. The molecule has 130 valence electrons. The second-order valence-corrected chi connectivity index (χ2v) is 6.56. The monoisotopic (exact) mass is 382 g/mol. The molecule has 0 saturated carbocycles. The lowest BCUT2D eigenvalue weighted by Gasteiger charge is -2.08. The van der Waals surface area contributed by atoms with Gasteiger partial charge in [-0.25, -0.2) is 4.98 Å². The number of nitrogens with zero attached hydrogens (tertiary/aromatic N) is 2. The largest absolute Gasteiger partial charge is 0.493 e. The average molecular weight is 383 g/mol. The number of halogens is 1. The lowest BCUT2D eigenvalue weighted by atomic mass is 10.1. The molecule has 0 unspecified atom stereocenters. The zero-order valence-electron chi connectivity index (χ0n) is 14.2. The minimum Gasteiger partial charge on any atom is -0.493 e. The Labute approximate surface area is 160 Å². The van der Waals surface area contributed by atoms with Gasteiger partial charge >= 0.3 is 0 Å². The third-order valence-electron chi connectivity index (χ3n) is 3.74. The Bertz CT molecular complexity index is 1010. The summed E-state index contributed by atoms with van der Waals surface area (Å²) in [6.45, 7) is 0. The molecule has 0 amide bonds. The number of benzene rings is 2. The summed E-state index contributed by atoms with van der Waals surface area (Å²) in [6, 6.07) is 15.2. The van der Waals surface area contributed by atoms with Crippen molar-refractivity contribution < 1.29 is 9.47 Å². The van der Waals surface area contributed by atoms with Crippen LogP contribution in [0.15, 0.2) is 47.8 Å². The van der Waals surface area contributed by atoms with E-state index in [0.717, 1.165) is 16.8 Å². The third kappa shape index (κ3) is 3.72. The number of ether oxygens (including phenoxy) is 2. The second kappa shape index (κ2) is 8.05. The van der Waals surface area contributed by atoms with Crippen molar-refractivity contribution in [3.8, 4) is 28.8 Å². The van der Waals surface area contributed by atoms with Gasteiger partial charge in [0.2, 0.25) is 0 Å². The number of thiazole rings is 1. The number of nitriles is 1. The van der Waals surface area contributed by atoms with E-state index < -0.39 is 0 Å². The van der Waals surface area contributed by atoms with Gasteiger partial charge in [-0.2, -0.15) is 5.26 Å². The van der Waals surface area contributed by atoms with Crippen LogP contribution in [0.2, 0.25) is 5.02 Å². The van der Waals surface area contributed by atoms with Crippen LogP contribution >= 0.6 is 22.9 Å². The van der Waals surface area contributed by atoms with Crippen LogP contribution in [0.3, 0.4) is 0 Å². The molecule has 2 aromatic carbocycles. The number of hydrogen-bond acceptors (Lipinski definition) is 5. The van der Waals surface area contributed by atoms with Crippen LogP contribution in [0.5, 0.6) is 11.5 Å². The Morgan fingerprint density at radius 3 is 2.62 bits per heavy atom. The van der Waals surface area contributed by atoms with E-state index in [1.165, 1.54) is 11.3 Å². The second-order valence-electron chi connectivity index (χ2n) is 5.30. The lowest BCUT2D eigenvalue weighted by molar-refractivity contribution is 0.355. The molecule has 0 spiro atoms. The topological polar surface area (TPSA) is 55.1 Å². The Balaban J connectivity index is 1.97. The standard InChI is InChI=1S/C20H15ClN2O2S/c1-24-18-8-7-14(10-19(18)25-2)17-12-26-20(23-17)15(11-22)9-13-5-3-4-6-16(13)21/h3-10,12H,1-2H3/b15-9-. The first-order valence-electron chi connectivity index (χ1n) is 7.71. The minimum absolute atomic E-state index is 0.467. The van der Waals surface area contributed by atoms with Crippen LogP contribution in [-0.4, -0.2) is 19.2 Å². The number of aromatic nitrogens is 1. The number of hydrogen-bond donors (Lipinski definition) is 0. The summed E-state index contributed by atoms with van der Waals surface area (Å²) in [6.07, 6.45) is 1.75. The van der Waals surface area contributed by atoms with Gasteiger partial charge in [-0.3, -0.25) is 0 Å². The van der Waals surface area contributed by atoms with Crippen LogP contribution < -0.4 is 9.47 Å². The molecule has 1 heterocycles. The molecule has 0 bridgehead atoms. The molecule has 0 N–H and O–H groups in total. The maximum absolute atomic E-state index is 9.53. The van der Waals surface area contributed by atoms with E-state index >= 15 is 0 Å². The van der Waals surface area contributed by atoms with Crippen molar-refractivity contribution in [1.82, 2.24) is 4.98 Å². The summed E-state index contributed by atoms with van der Waals surface area (Å²) in [5.74, 6) is 1.29. The zero-order chi connectivity index (χ0) is 18.5. The van der Waals surface area contributed by atoms with Crippen molar-refractivity contribution in [2.45, 2.75) is 0 Å². The number of methoxy groups -OCH3 is 2. The van der Waals surface area contributed by atoms with Crippen molar-refractivity contribution >= 4 is 34.6 Å². The van der Waals surface area contributed by atoms with Crippen LogP contribution in [0.25, 0.3) is 22.9 Å². The van der Waals surface area contributed by atoms with Gasteiger partial charge in [0.05, 0.1) is 25.5 Å². The summed E-state index contributed by atoms with van der Waals surface area (Å²) < 4.78 is 10.6. The molecule has 0 atom stereocenters. The molecule has 0 aliphatic carbocycles. The van der Waals surface area contributed by atoms with Crippen molar-refractivity contribution in [1.29, 1.82) is 5.26 Å². The third-order valence-corrected chi connectivity index (χ3v) is 4.96. The zero-order valence-corrected chi connectivity index (χ0v) is 15.8. The van der Waals surface area contributed by atoms with Gasteiger partial charge < -0.3 is 9.47 Å².